The Kier molecular flexibility index (Phi) is 6.18. The van der Waals surface area contributed by atoms with Crippen molar-refractivity contribution < 1.29 is 33.0 Å². The highest BCUT2D eigenvalue weighted by atomic mass is 16.7. The van der Waals surface area contributed by atoms with Crippen LogP contribution in [0.3, 0.4) is 0 Å². The van der Waals surface area contributed by atoms with E-state index in [1.807, 2.05) is 24.3 Å². The van der Waals surface area contributed by atoms with Crippen molar-refractivity contribution in [1.29, 1.82) is 0 Å². The first-order valence-electron chi connectivity index (χ1n) is 8.66. The Hall–Kier alpha value is -3.75. The van der Waals surface area contributed by atoms with Gasteiger partial charge in [-0.15, -0.1) is 0 Å². The van der Waals surface area contributed by atoms with Crippen LogP contribution in [0.5, 0.6) is 5.75 Å². The number of fused-ring (bicyclic) bond motifs is 1. The summed E-state index contributed by atoms with van der Waals surface area (Å²) in [6.45, 7) is 1.58. The van der Waals surface area contributed by atoms with Gasteiger partial charge in [0.2, 0.25) is 5.89 Å². The lowest BCUT2D eigenvalue weighted by Crippen LogP contribution is -2.34. The van der Waals surface area contributed by atoms with Crippen molar-refractivity contribution in [3.05, 3.63) is 53.9 Å². The first-order valence-corrected chi connectivity index (χ1v) is 8.66. The Morgan fingerprint density at radius 2 is 1.90 bits per heavy atom. The normalized spacial score (nSPS) is 10.4. The molecule has 152 valence electrons. The van der Waals surface area contributed by atoms with Gasteiger partial charge in [0.15, 0.2) is 18.9 Å². The van der Waals surface area contributed by atoms with E-state index in [0.717, 1.165) is 10.4 Å². The molecular weight excluding hydrogens is 380 g/mol. The highest BCUT2D eigenvalue weighted by molar-refractivity contribution is 5.88. The molecule has 0 aliphatic rings. The van der Waals surface area contributed by atoms with Crippen LogP contribution in [-0.4, -0.2) is 38.2 Å². The van der Waals surface area contributed by atoms with Crippen molar-refractivity contribution >= 4 is 29.0 Å². The van der Waals surface area contributed by atoms with Crippen molar-refractivity contribution in [3.63, 3.8) is 0 Å². The summed E-state index contributed by atoms with van der Waals surface area (Å²) in [4.78, 5) is 28.8. The number of methoxy groups -OCH3 is 2. The van der Waals surface area contributed by atoms with Crippen LogP contribution in [0.4, 0.5) is 15.3 Å². The molecule has 0 fully saturated rings. The van der Waals surface area contributed by atoms with E-state index in [2.05, 4.69) is 9.72 Å². The topological polar surface area (TPSA) is 100 Å². The summed E-state index contributed by atoms with van der Waals surface area (Å²) in [5.41, 5.74) is 2.66. The zero-order valence-corrected chi connectivity index (χ0v) is 16.2. The summed E-state index contributed by atoms with van der Waals surface area (Å²) >= 11 is 0. The fraction of sp³-hybridized carbons (Fsp3) is 0.250. The molecule has 0 spiro atoms. The number of benzene rings is 2. The summed E-state index contributed by atoms with van der Waals surface area (Å²) < 4.78 is 25.4. The number of aromatic nitrogens is 1. The van der Waals surface area contributed by atoms with Gasteiger partial charge < -0.3 is 23.4 Å². The van der Waals surface area contributed by atoms with Crippen LogP contribution in [0.25, 0.3) is 11.1 Å². The number of ether oxygens (including phenoxy) is 4. The predicted octanol–water partition coefficient (Wildman–Crippen LogP) is 4.03. The van der Waals surface area contributed by atoms with Gasteiger partial charge in [0.25, 0.3) is 0 Å². The quantitative estimate of drug-likeness (QED) is 0.452. The van der Waals surface area contributed by atoms with Gasteiger partial charge >= 0.3 is 12.2 Å². The second kappa shape index (κ2) is 8.96. The molecule has 9 heteroatoms. The first kappa shape index (κ1) is 20.0. The molecule has 0 saturated heterocycles. The largest absolute Gasteiger partial charge is 0.509 e. The zero-order valence-electron chi connectivity index (χ0n) is 16.2. The molecule has 0 atom stereocenters. The van der Waals surface area contributed by atoms with E-state index < -0.39 is 12.2 Å². The van der Waals surface area contributed by atoms with Crippen molar-refractivity contribution in [2.24, 2.45) is 0 Å². The molecule has 0 radical (unpaired) electrons. The lowest BCUT2D eigenvalue weighted by Gasteiger charge is -2.22. The van der Waals surface area contributed by atoms with Gasteiger partial charge in [-0.25, -0.2) is 19.5 Å². The van der Waals surface area contributed by atoms with Crippen LogP contribution >= 0.6 is 0 Å². The first-order chi connectivity index (χ1) is 14.0. The van der Waals surface area contributed by atoms with E-state index in [1.165, 1.54) is 14.2 Å². The van der Waals surface area contributed by atoms with Gasteiger partial charge in [-0.1, -0.05) is 12.1 Å². The summed E-state index contributed by atoms with van der Waals surface area (Å²) in [7, 11) is 2.42. The number of rotatable bonds is 6. The van der Waals surface area contributed by atoms with Gasteiger partial charge in [0.1, 0.15) is 11.3 Å². The van der Waals surface area contributed by atoms with Crippen molar-refractivity contribution in [2.45, 2.75) is 13.5 Å². The average Bonchev–Trinajstić information content (AvgIpc) is 3.16. The molecule has 0 aliphatic carbocycles. The monoisotopic (exact) mass is 400 g/mol. The number of carbonyl (C=O) groups excluding carboxylic acids is 2. The third-order valence-electron chi connectivity index (χ3n) is 4.03. The van der Waals surface area contributed by atoms with E-state index >= 15 is 0 Å². The Balaban J connectivity index is 1.71. The van der Waals surface area contributed by atoms with Gasteiger partial charge in [-0.2, -0.15) is 0 Å². The molecule has 1 amide bonds. The summed E-state index contributed by atoms with van der Waals surface area (Å²) in [6, 6.07) is 12.5. The van der Waals surface area contributed by atoms with E-state index in [9.17, 15) is 9.59 Å². The van der Waals surface area contributed by atoms with Gasteiger partial charge in [0.05, 0.1) is 19.9 Å². The molecule has 2 aromatic carbocycles. The molecule has 29 heavy (non-hydrogen) atoms. The number of anilines is 1. The number of nitrogens with zero attached hydrogens (tertiary/aromatic N) is 2. The van der Waals surface area contributed by atoms with E-state index in [0.29, 0.717) is 28.5 Å². The Bertz CT molecular complexity index is 982. The molecule has 0 saturated carbocycles. The van der Waals surface area contributed by atoms with Crippen LogP contribution in [0.2, 0.25) is 0 Å². The molecule has 0 N–H and O–H groups in total. The number of aryl methyl sites for hydroxylation is 1. The van der Waals surface area contributed by atoms with E-state index in [1.54, 1.807) is 25.1 Å². The minimum atomic E-state index is -0.908. The SMILES string of the molecule is COC(=O)OCN(C(=O)OC)c1ccc(OCc2nc3ccccc3o2)cc1C. The molecule has 0 aliphatic heterocycles. The van der Waals surface area contributed by atoms with Crippen LogP contribution < -0.4 is 9.64 Å². The van der Waals surface area contributed by atoms with Gasteiger partial charge in [0, 0.05) is 0 Å². The van der Waals surface area contributed by atoms with Crippen LogP contribution in [0.15, 0.2) is 46.9 Å². The van der Waals surface area contributed by atoms with Crippen molar-refractivity contribution in [2.75, 3.05) is 25.9 Å². The summed E-state index contributed by atoms with van der Waals surface area (Å²) in [6.07, 6.45) is -1.59. The fourth-order valence-corrected chi connectivity index (χ4v) is 2.65. The van der Waals surface area contributed by atoms with Crippen LogP contribution in [0.1, 0.15) is 11.5 Å². The van der Waals surface area contributed by atoms with Crippen molar-refractivity contribution in [1.82, 2.24) is 4.98 Å². The van der Waals surface area contributed by atoms with Crippen molar-refractivity contribution in [3.8, 4) is 5.75 Å². The van der Waals surface area contributed by atoms with Gasteiger partial charge in [-0.05, 0) is 42.8 Å². The maximum atomic E-state index is 12.1. The number of carbonyl (C=O) groups is 2. The third kappa shape index (κ3) is 4.75. The molecule has 9 nitrogen and oxygen atoms in total. The standard InChI is InChI=1S/C20H20N2O7/c1-13-10-14(27-11-18-21-15-6-4-5-7-17(15)29-18)8-9-16(13)22(19(23)25-2)12-28-20(24)26-3/h4-10H,11-12H2,1-3H3. The third-order valence-corrected chi connectivity index (χ3v) is 4.03. The number of oxazole rings is 1. The molecule has 1 aromatic heterocycles. The molecule has 3 aromatic rings. The van der Waals surface area contributed by atoms with Crippen LogP contribution in [0, 0.1) is 6.92 Å². The Morgan fingerprint density at radius 3 is 2.59 bits per heavy atom. The fourth-order valence-electron chi connectivity index (χ4n) is 2.65. The van der Waals surface area contributed by atoms with E-state index in [-0.39, 0.29) is 13.3 Å². The molecular formula is C20H20N2O7. The zero-order chi connectivity index (χ0) is 20.8. The Labute approximate surface area is 166 Å². The number of hydrogen-bond acceptors (Lipinski definition) is 8. The lowest BCUT2D eigenvalue weighted by molar-refractivity contribution is 0.0717. The molecule has 0 bridgehead atoms. The second-order valence-corrected chi connectivity index (χ2v) is 5.94. The summed E-state index contributed by atoms with van der Waals surface area (Å²) in [5, 5.41) is 0. The minimum Gasteiger partial charge on any atom is -0.484 e. The second-order valence-electron chi connectivity index (χ2n) is 5.94. The number of amides is 1. The molecule has 0 unspecified atom stereocenters. The highest BCUT2D eigenvalue weighted by Gasteiger charge is 2.20. The van der Waals surface area contributed by atoms with E-state index in [4.69, 9.17) is 18.6 Å². The minimum absolute atomic E-state index is 0.152. The highest BCUT2D eigenvalue weighted by Crippen LogP contribution is 2.26. The number of para-hydroxylation sites is 2. The maximum Gasteiger partial charge on any atom is 0.509 e. The molecule has 1 heterocycles. The average molecular weight is 400 g/mol. The maximum absolute atomic E-state index is 12.1. The van der Waals surface area contributed by atoms with Gasteiger partial charge in [-0.3, -0.25) is 0 Å². The summed E-state index contributed by atoms with van der Waals surface area (Å²) in [5.74, 6) is 1.02. The number of hydrogen-bond donors (Lipinski definition) is 0. The molecule has 3 rings (SSSR count). The smallest absolute Gasteiger partial charge is 0.484 e. The predicted molar refractivity (Wildman–Crippen MR) is 103 cm³/mol. The van der Waals surface area contributed by atoms with Crippen LogP contribution in [-0.2, 0) is 20.8 Å². The Morgan fingerprint density at radius 1 is 1.10 bits per heavy atom. The lowest BCUT2D eigenvalue weighted by atomic mass is 10.2.